The van der Waals surface area contributed by atoms with Gasteiger partial charge in [-0.25, -0.2) is 4.39 Å². The Bertz CT molecular complexity index is 998. The molecule has 2 aromatic rings. The summed E-state index contributed by atoms with van der Waals surface area (Å²) in [5, 5.41) is 23.0. The molecule has 0 spiro atoms. The minimum Gasteiger partial charge on any atom is -0.490 e. The zero-order valence-corrected chi connectivity index (χ0v) is 20.9. The maximum atomic E-state index is 13.6. The molecule has 1 saturated carbocycles. The van der Waals surface area contributed by atoms with E-state index < -0.39 is 17.0 Å². The number of amides is 1. The van der Waals surface area contributed by atoms with E-state index in [9.17, 15) is 19.4 Å². The Morgan fingerprint density at radius 1 is 1.03 bits per heavy atom. The predicted octanol–water partition coefficient (Wildman–Crippen LogP) is 2.82. The van der Waals surface area contributed by atoms with Crippen LogP contribution in [0.3, 0.4) is 0 Å². The van der Waals surface area contributed by atoms with Crippen molar-refractivity contribution in [3.8, 4) is 5.75 Å². The predicted molar refractivity (Wildman–Crippen MR) is 134 cm³/mol. The average molecular weight is 501 g/mol. The number of methoxy groups -OCH3 is 1. The minimum atomic E-state index is -1.40. The van der Waals surface area contributed by atoms with E-state index in [1.807, 2.05) is 11.0 Å². The second kappa shape index (κ2) is 11.7. The van der Waals surface area contributed by atoms with Crippen LogP contribution in [0.4, 0.5) is 4.39 Å². The first kappa shape index (κ1) is 26.5. The molecule has 2 aromatic carbocycles. The molecule has 196 valence electrons. The smallest absolute Gasteiger partial charge is 0.248 e. The highest BCUT2D eigenvalue weighted by Crippen LogP contribution is 2.38. The van der Waals surface area contributed by atoms with Crippen molar-refractivity contribution in [2.24, 2.45) is 0 Å². The summed E-state index contributed by atoms with van der Waals surface area (Å²) < 4.78 is 24.4. The second-order valence-electron chi connectivity index (χ2n) is 10.3. The molecule has 4 rings (SSSR count). The largest absolute Gasteiger partial charge is 0.490 e. The molecule has 1 aliphatic carbocycles. The van der Waals surface area contributed by atoms with Gasteiger partial charge in [0.05, 0.1) is 12.1 Å². The fourth-order valence-corrected chi connectivity index (χ4v) is 5.46. The van der Waals surface area contributed by atoms with E-state index in [0.29, 0.717) is 44.1 Å². The lowest BCUT2D eigenvalue weighted by atomic mass is 9.76. The van der Waals surface area contributed by atoms with Crippen LogP contribution in [0, 0.1) is 5.82 Å². The Balaban J connectivity index is 1.43. The minimum absolute atomic E-state index is 0.0650. The van der Waals surface area contributed by atoms with E-state index in [1.54, 1.807) is 17.0 Å². The maximum absolute atomic E-state index is 13.6. The summed E-state index contributed by atoms with van der Waals surface area (Å²) in [6.07, 6.45) is 3.15. The lowest BCUT2D eigenvalue weighted by molar-refractivity contribution is -0.138. The highest BCUT2D eigenvalue weighted by atomic mass is 19.1. The number of benzene rings is 2. The van der Waals surface area contributed by atoms with Crippen molar-refractivity contribution in [2.45, 2.75) is 42.8 Å². The number of halogens is 1. The molecule has 8 heteroatoms. The highest BCUT2D eigenvalue weighted by molar-refractivity contribution is 5.77. The zero-order valence-electron chi connectivity index (χ0n) is 20.9. The molecule has 0 bridgehead atoms. The van der Waals surface area contributed by atoms with Crippen LogP contribution in [-0.4, -0.2) is 90.2 Å². The van der Waals surface area contributed by atoms with Gasteiger partial charge in [0.25, 0.3) is 0 Å². The van der Waals surface area contributed by atoms with Crippen molar-refractivity contribution in [2.75, 3.05) is 53.0 Å². The molecule has 1 saturated heterocycles. The fourth-order valence-electron chi connectivity index (χ4n) is 5.46. The number of rotatable bonds is 8. The monoisotopic (exact) mass is 500 g/mol. The Kier molecular flexibility index (Phi) is 8.62. The van der Waals surface area contributed by atoms with E-state index in [-0.39, 0.29) is 32.2 Å². The molecule has 0 aromatic heterocycles. The number of nitrogens with zero attached hydrogens (tertiary/aromatic N) is 2. The molecule has 36 heavy (non-hydrogen) atoms. The molecule has 1 amide bonds. The topological polar surface area (TPSA) is 82.5 Å². The standard InChI is InChI=1S/C28H37FN2O5/c1-35-17-26(32)31-15-14-30(19-28(34,20-31)21-36-25-9-5-8-24(29)16-25)18-27(33)12-10-23(11-13-27)22-6-3-2-4-7-22/h2-9,16,23,33-34H,10-15,17-21H2,1H3. The average Bonchev–Trinajstić information content (AvgIpc) is 3.02. The summed E-state index contributed by atoms with van der Waals surface area (Å²) in [7, 11) is 1.46. The number of ether oxygens (including phenoxy) is 2. The van der Waals surface area contributed by atoms with Crippen molar-refractivity contribution in [1.82, 2.24) is 9.80 Å². The Morgan fingerprint density at radius 3 is 2.47 bits per heavy atom. The molecular formula is C28H37FN2O5. The molecule has 1 aliphatic heterocycles. The van der Waals surface area contributed by atoms with Crippen molar-refractivity contribution in [3.63, 3.8) is 0 Å². The summed E-state index contributed by atoms with van der Waals surface area (Å²) in [5.74, 6) is 0.110. The molecule has 1 unspecified atom stereocenters. The van der Waals surface area contributed by atoms with E-state index in [2.05, 4.69) is 24.3 Å². The lowest BCUT2D eigenvalue weighted by Crippen LogP contribution is -2.54. The number of hydrogen-bond acceptors (Lipinski definition) is 6. The molecule has 2 aliphatic rings. The van der Waals surface area contributed by atoms with Crippen molar-refractivity contribution in [1.29, 1.82) is 0 Å². The van der Waals surface area contributed by atoms with Gasteiger partial charge in [0.1, 0.15) is 30.4 Å². The van der Waals surface area contributed by atoms with Crippen LogP contribution < -0.4 is 4.74 Å². The molecule has 2 fully saturated rings. The molecule has 1 heterocycles. The van der Waals surface area contributed by atoms with Gasteiger partial charge >= 0.3 is 0 Å². The lowest BCUT2D eigenvalue weighted by Gasteiger charge is -2.40. The zero-order chi connectivity index (χ0) is 25.6. The molecule has 1 atom stereocenters. The summed E-state index contributed by atoms with van der Waals surface area (Å²) in [6.45, 7) is 1.43. The van der Waals surface area contributed by atoms with Crippen LogP contribution in [0.1, 0.15) is 37.2 Å². The van der Waals surface area contributed by atoms with Gasteiger partial charge in [0, 0.05) is 39.4 Å². The summed E-state index contributed by atoms with van der Waals surface area (Å²) >= 11 is 0. The van der Waals surface area contributed by atoms with Crippen molar-refractivity contribution < 1.29 is 28.9 Å². The third kappa shape index (κ3) is 7.03. The van der Waals surface area contributed by atoms with Crippen LogP contribution in [0.5, 0.6) is 5.75 Å². The highest BCUT2D eigenvalue weighted by Gasteiger charge is 2.41. The van der Waals surface area contributed by atoms with E-state index in [4.69, 9.17) is 9.47 Å². The summed E-state index contributed by atoms with van der Waals surface area (Å²) in [5.41, 5.74) is -0.948. The van der Waals surface area contributed by atoms with E-state index in [1.165, 1.54) is 24.8 Å². The number of β-amino-alcohol motifs (C(OH)–C–C–N with tert-alkyl or cyclic N) is 2. The van der Waals surface area contributed by atoms with Crippen LogP contribution in [0.2, 0.25) is 0 Å². The first-order valence-corrected chi connectivity index (χ1v) is 12.6. The summed E-state index contributed by atoms with van der Waals surface area (Å²) in [4.78, 5) is 16.2. The Morgan fingerprint density at radius 2 is 1.78 bits per heavy atom. The van der Waals surface area contributed by atoms with E-state index in [0.717, 1.165) is 12.8 Å². The Labute approximate surface area is 212 Å². The van der Waals surface area contributed by atoms with Crippen LogP contribution in [0.15, 0.2) is 54.6 Å². The first-order valence-electron chi connectivity index (χ1n) is 12.6. The van der Waals surface area contributed by atoms with Crippen molar-refractivity contribution >= 4 is 5.91 Å². The maximum Gasteiger partial charge on any atom is 0.248 e. The van der Waals surface area contributed by atoms with Crippen molar-refractivity contribution in [3.05, 3.63) is 66.0 Å². The molecule has 0 radical (unpaired) electrons. The molecular weight excluding hydrogens is 463 g/mol. The quantitative estimate of drug-likeness (QED) is 0.580. The number of carbonyl (C=O) groups excluding carboxylic acids is 1. The van der Waals surface area contributed by atoms with Gasteiger partial charge in [-0.15, -0.1) is 0 Å². The Hall–Kier alpha value is -2.52. The summed E-state index contributed by atoms with van der Waals surface area (Å²) in [6, 6.07) is 16.2. The van der Waals surface area contributed by atoms with Gasteiger partial charge in [-0.2, -0.15) is 0 Å². The van der Waals surface area contributed by atoms with Crippen LogP contribution in [-0.2, 0) is 9.53 Å². The van der Waals surface area contributed by atoms with Gasteiger partial charge in [-0.3, -0.25) is 9.69 Å². The SMILES string of the molecule is COCC(=O)N1CCN(CC2(O)CCC(c3ccccc3)CC2)CC(O)(COc2cccc(F)c2)C1. The van der Waals surface area contributed by atoms with Gasteiger partial charge in [0.15, 0.2) is 0 Å². The normalized spacial score (nSPS) is 27.4. The second-order valence-corrected chi connectivity index (χ2v) is 10.3. The molecule has 2 N–H and O–H groups in total. The number of hydrogen-bond donors (Lipinski definition) is 2. The fraction of sp³-hybridized carbons (Fsp3) is 0.536. The third-order valence-corrected chi connectivity index (χ3v) is 7.32. The van der Waals surface area contributed by atoms with Gasteiger partial charge in [-0.05, 0) is 49.3 Å². The number of carbonyl (C=O) groups is 1. The van der Waals surface area contributed by atoms with E-state index >= 15 is 0 Å². The van der Waals surface area contributed by atoms with Gasteiger partial charge < -0.3 is 24.6 Å². The van der Waals surface area contributed by atoms with Crippen LogP contribution in [0.25, 0.3) is 0 Å². The number of aliphatic hydroxyl groups is 2. The molecule has 7 nitrogen and oxygen atoms in total. The van der Waals surface area contributed by atoms with Crippen LogP contribution >= 0.6 is 0 Å². The van der Waals surface area contributed by atoms with Gasteiger partial charge in [-0.1, -0.05) is 36.4 Å². The van der Waals surface area contributed by atoms with Gasteiger partial charge in [0.2, 0.25) is 5.91 Å². The third-order valence-electron chi connectivity index (χ3n) is 7.32. The first-order chi connectivity index (χ1) is 17.3.